The molecule has 0 radical (unpaired) electrons. The van der Waals surface area contributed by atoms with Gasteiger partial charge in [0.15, 0.2) is 5.69 Å². The molecule has 31 heavy (non-hydrogen) atoms. The first-order valence-corrected chi connectivity index (χ1v) is 10.2. The van der Waals surface area contributed by atoms with Gasteiger partial charge in [-0.1, -0.05) is 35.0 Å². The fourth-order valence-corrected chi connectivity index (χ4v) is 3.84. The maximum absolute atomic E-state index is 13.1. The Hall–Kier alpha value is -3.85. The molecule has 2 N–H and O–H groups in total. The van der Waals surface area contributed by atoms with Crippen LogP contribution in [0.3, 0.4) is 0 Å². The average molecular weight is 435 g/mol. The van der Waals surface area contributed by atoms with Crippen LogP contribution in [0.25, 0.3) is 16.1 Å². The summed E-state index contributed by atoms with van der Waals surface area (Å²) >= 11 is 1.24. The van der Waals surface area contributed by atoms with Crippen LogP contribution in [0.2, 0.25) is 0 Å². The number of hydrogen-bond donors (Lipinski definition) is 2. The second-order valence-electron chi connectivity index (χ2n) is 6.85. The van der Waals surface area contributed by atoms with Crippen molar-refractivity contribution in [2.24, 2.45) is 0 Å². The van der Waals surface area contributed by atoms with E-state index in [0.29, 0.717) is 10.6 Å². The maximum atomic E-state index is 13.1. The summed E-state index contributed by atoms with van der Waals surface area (Å²) in [6.45, 7) is 3.71. The Morgan fingerprint density at radius 2 is 1.58 bits per heavy atom. The molecule has 2 aromatic heterocycles. The number of aryl methyl sites for hydroxylation is 1. The Bertz CT molecular complexity index is 1250. The fourth-order valence-electron chi connectivity index (χ4n) is 2.93. The van der Waals surface area contributed by atoms with E-state index in [4.69, 9.17) is 0 Å². The van der Waals surface area contributed by atoms with Gasteiger partial charge >= 0.3 is 0 Å². The summed E-state index contributed by atoms with van der Waals surface area (Å²) < 4.78 is 14.6. The number of nitrogens with zero attached hydrogens (tertiary/aromatic N) is 3. The standard InChI is InChI=1S/C22H18FN5O2S/c1-13-3-9-17(10-4-13)28-14(2)20(24-27-28)22(30)26-25-21(29)19-12-11-18(31-19)15-5-7-16(23)8-6-15/h3-12H,1-2H3,(H,25,29)(H,26,30). The summed E-state index contributed by atoms with van der Waals surface area (Å²) in [4.78, 5) is 26.1. The van der Waals surface area contributed by atoms with Crippen molar-refractivity contribution in [2.75, 3.05) is 0 Å². The summed E-state index contributed by atoms with van der Waals surface area (Å²) in [5, 5.41) is 7.97. The van der Waals surface area contributed by atoms with Crippen LogP contribution in [0.1, 0.15) is 31.4 Å². The van der Waals surface area contributed by atoms with Crippen molar-refractivity contribution in [3.8, 4) is 16.1 Å². The lowest BCUT2D eigenvalue weighted by molar-refractivity contribution is 0.0845. The molecule has 2 heterocycles. The van der Waals surface area contributed by atoms with Crippen molar-refractivity contribution >= 4 is 23.2 Å². The molecule has 0 bridgehead atoms. The molecule has 0 saturated carbocycles. The van der Waals surface area contributed by atoms with Gasteiger partial charge in [-0.3, -0.25) is 20.4 Å². The Morgan fingerprint density at radius 1 is 0.903 bits per heavy atom. The number of carbonyl (C=O) groups is 2. The lowest BCUT2D eigenvalue weighted by Gasteiger charge is -2.06. The van der Waals surface area contributed by atoms with Crippen molar-refractivity contribution in [2.45, 2.75) is 13.8 Å². The lowest BCUT2D eigenvalue weighted by atomic mass is 10.2. The predicted octanol–water partition coefficient (Wildman–Crippen LogP) is 3.83. The Kier molecular flexibility index (Phi) is 5.59. The fraction of sp³-hybridized carbons (Fsp3) is 0.0909. The van der Waals surface area contributed by atoms with Gasteiger partial charge in [-0.05, 0) is 55.8 Å². The molecule has 7 nitrogen and oxygen atoms in total. The van der Waals surface area contributed by atoms with Crippen LogP contribution in [0.15, 0.2) is 60.7 Å². The number of thiophene rings is 1. The highest BCUT2D eigenvalue weighted by molar-refractivity contribution is 7.17. The number of hydrogen-bond acceptors (Lipinski definition) is 5. The summed E-state index contributed by atoms with van der Waals surface area (Å²) in [7, 11) is 0. The van der Waals surface area contributed by atoms with Crippen molar-refractivity contribution in [3.63, 3.8) is 0 Å². The largest absolute Gasteiger partial charge is 0.292 e. The highest BCUT2D eigenvalue weighted by Gasteiger charge is 2.19. The molecule has 0 aliphatic rings. The third-order valence-corrected chi connectivity index (χ3v) is 5.77. The lowest BCUT2D eigenvalue weighted by Crippen LogP contribution is -2.41. The van der Waals surface area contributed by atoms with Crippen LogP contribution >= 0.6 is 11.3 Å². The topological polar surface area (TPSA) is 88.9 Å². The van der Waals surface area contributed by atoms with E-state index in [1.54, 1.807) is 35.9 Å². The van der Waals surface area contributed by atoms with Gasteiger partial charge in [0.2, 0.25) is 0 Å². The number of aromatic nitrogens is 3. The summed E-state index contributed by atoms with van der Waals surface area (Å²) in [6, 6.07) is 17.1. The van der Waals surface area contributed by atoms with E-state index >= 15 is 0 Å². The van der Waals surface area contributed by atoms with Gasteiger partial charge in [-0.15, -0.1) is 16.4 Å². The third-order valence-electron chi connectivity index (χ3n) is 4.64. The van der Waals surface area contributed by atoms with Gasteiger partial charge in [0.25, 0.3) is 11.8 Å². The molecule has 0 fully saturated rings. The molecule has 0 unspecified atom stereocenters. The van der Waals surface area contributed by atoms with Crippen molar-refractivity contribution in [3.05, 3.63) is 88.3 Å². The van der Waals surface area contributed by atoms with E-state index < -0.39 is 11.8 Å². The van der Waals surface area contributed by atoms with Crippen LogP contribution in [-0.4, -0.2) is 26.8 Å². The third kappa shape index (κ3) is 4.36. The average Bonchev–Trinajstić information content (AvgIpc) is 3.40. The van der Waals surface area contributed by atoms with Gasteiger partial charge in [-0.25, -0.2) is 9.07 Å². The van der Waals surface area contributed by atoms with Crippen LogP contribution < -0.4 is 10.9 Å². The zero-order valence-corrected chi connectivity index (χ0v) is 17.5. The molecule has 0 atom stereocenters. The van der Waals surface area contributed by atoms with Crippen LogP contribution in [-0.2, 0) is 0 Å². The van der Waals surface area contributed by atoms with E-state index in [1.807, 2.05) is 31.2 Å². The van der Waals surface area contributed by atoms with E-state index in [2.05, 4.69) is 21.2 Å². The summed E-state index contributed by atoms with van der Waals surface area (Å²) in [5.74, 6) is -1.36. The Balaban J connectivity index is 1.42. The number of carbonyl (C=O) groups excluding carboxylic acids is 2. The van der Waals surface area contributed by atoms with E-state index in [9.17, 15) is 14.0 Å². The molecule has 4 aromatic rings. The van der Waals surface area contributed by atoms with E-state index in [-0.39, 0.29) is 11.5 Å². The summed E-state index contributed by atoms with van der Waals surface area (Å²) in [6.07, 6.45) is 0. The van der Waals surface area contributed by atoms with Gasteiger partial charge < -0.3 is 0 Å². The van der Waals surface area contributed by atoms with Gasteiger partial charge in [0, 0.05) is 4.88 Å². The Labute approximate surface area is 181 Å². The second-order valence-corrected chi connectivity index (χ2v) is 7.93. The molecular formula is C22H18FN5O2S. The number of rotatable bonds is 4. The highest BCUT2D eigenvalue weighted by atomic mass is 32.1. The smallest absolute Gasteiger partial charge is 0.266 e. The molecule has 156 valence electrons. The predicted molar refractivity (Wildman–Crippen MR) is 115 cm³/mol. The molecule has 0 aliphatic carbocycles. The molecule has 9 heteroatoms. The van der Waals surface area contributed by atoms with Crippen molar-refractivity contribution in [1.29, 1.82) is 0 Å². The number of benzene rings is 2. The second kappa shape index (κ2) is 8.49. The SMILES string of the molecule is Cc1ccc(-n2nnc(C(=O)NNC(=O)c3ccc(-c4ccc(F)cc4)s3)c2C)cc1. The minimum Gasteiger partial charge on any atom is -0.266 e. The van der Waals surface area contributed by atoms with E-state index in [0.717, 1.165) is 21.7 Å². The van der Waals surface area contributed by atoms with Crippen LogP contribution in [0.5, 0.6) is 0 Å². The van der Waals surface area contributed by atoms with Crippen molar-refractivity contribution < 1.29 is 14.0 Å². The Morgan fingerprint density at radius 3 is 2.29 bits per heavy atom. The zero-order valence-electron chi connectivity index (χ0n) is 16.7. The van der Waals surface area contributed by atoms with Crippen LogP contribution in [0.4, 0.5) is 4.39 Å². The van der Waals surface area contributed by atoms with Gasteiger partial charge in [0.1, 0.15) is 5.82 Å². The molecular weight excluding hydrogens is 417 g/mol. The minimum atomic E-state index is -0.570. The first-order chi connectivity index (χ1) is 14.9. The first kappa shape index (κ1) is 20.4. The van der Waals surface area contributed by atoms with E-state index in [1.165, 1.54) is 23.5 Å². The number of halogens is 1. The monoisotopic (exact) mass is 435 g/mol. The number of hydrazine groups is 1. The first-order valence-electron chi connectivity index (χ1n) is 9.38. The maximum Gasteiger partial charge on any atom is 0.292 e. The zero-order chi connectivity index (χ0) is 22.0. The molecule has 0 aliphatic heterocycles. The van der Waals surface area contributed by atoms with Gasteiger partial charge in [0.05, 0.1) is 16.3 Å². The molecule has 2 amide bonds. The summed E-state index contributed by atoms with van der Waals surface area (Å²) in [5.41, 5.74) is 8.11. The van der Waals surface area contributed by atoms with Crippen molar-refractivity contribution in [1.82, 2.24) is 25.8 Å². The normalized spacial score (nSPS) is 10.7. The number of nitrogens with one attached hydrogen (secondary N) is 2. The molecule has 0 spiro atoms. The van der Waals surface area contributed by atoms with Crippen LogP contribution in [0, 0.1) is 19.7 Å². The molecule has 0 saturated heterocycles. The number of amides is 2. The van der Waals surface area contributed by atoms with Gasteiger partial charge in [-0.2, -0.15) is 0 Å². The molecule has 4 rings (SSSR count). The quantitative estimate of drug-likeness (QED) is 0.477. The highest BCUT2D eigenvalue weighted by Crippen LogP contribution is 2.28. The minimum absolute atomic E-state index is 0.110. The molecule has 2 aromatic carbocycles.